The van der Waals surface area contributed by atoms with Crippen LogP contribution in [0.1, 0.15) is 101 Å². The van der Waals surface area contributed by atoms with Crippen LogP contribution < -0.4 is 0 Å². The molecule has 2 spiro atoms. The molecule has 5 heteroatoms. The lowest BCUT2D eigenvalue weighted by atomic mass is 9.44. The zero-order chi connectivity index (χ0) is 26.6. The standard InChI is InChI=1S/C34H46O5/c1-21-12-16-39-34(21)15-11-27-25-9-13-32(36)20-33(37-17-18-38-33)14-10-28(32)29(25)26(19-31(27,34)2)22-3-5-23(6-4-22)30(35)24-7-8-24/h3-6,24-30,35-36H,1,7-20H2,2H3. The van der Waals surface area contributed by atoms with Crippen molar-refractivity contribution < 1.29 is 24.4 Å². The minimum absolute atomic E-state index is 0.0572. The average molecular weight is 535 g/mol. The van der Waals surface area contributed by atoms with E-state index < -0.39 is 11.4 Å². The van der Waals surface area contributed by atoms with E-state index in [1.165, 1.54) is 17.6 Å². The maximum Gasteiger partial charge on any atom is 0.171 e. The highest BCUT2D eigenvalue weighted by Gasteiger charge is 2.69. The summed E-state index contributed by atoms with van der Waals surface area (Å²) in [5, 5.41) is 23.1. The van der Waals surface area contributed by atoms with Crippen LogP contribution in [0, 0.1) is 35.0 Å². The van der Waals surface area contributed by atoms with Crippen molar-refractivity contribution in [1.29, 1.82) is 0 Å². The number of fused-ring (bicyclic) bond motifs is 6. The molecule has 1 aromatic carbocycles. The summed E-state index contributed by atoms with van der Waals surface area (Å²) in [6, 6.07) is 8.98. The monoisotopic (exact) mass is 534 g/mol. The van der Waals surface area contributed by atoms with Gasteiger partial charge in [0, 0.05) is 18.3 Å². The molecule has 2 aliphatic heterocycles. The number of benzene rings is 1. The summed E-state index contributed by atoms with van der Waals surface area (Å²) < 4.78 is 19.0. The first kappa shape index (κ1) is 25.5. The van der Waals surface area contributed by atoms with Crippen LogP contribution in [0.2, 0.25) is 0 Å². The van der Waals surface area contributed by atoms with Gasteiger partial charge in [-0.1, -0.05) is 37.8 Å². The van der Waals surface area contributed by atoms with Gasteiger partial charge in [0.25, 0.3) is 0 Å². The van der Waals surface area contributed by atoms with Crippen molar-refractivity contribution in [2.75, 3.05) is 19.8 Å². The second-order valence-electron chi connectivity index (χ2n) is 14.7. The minimum Gasteiger partial charge on any atom is -0.389 e. The largest absolute Gasteiger partial charge is 0.389 e. The number of aliphatic hydroxyl groups is 2. The third-order valence-electron chi connectivity index (χ3n) is 13.1. The van der Waals surface area contributed by atoms with E-state index in [4.69, 9.17) is 14.2 Å². The SMILES string of the molecule is C=C1CCOC12CCC1C3CCC4(O)CC5(CCC4C3C(c3ccc(C(O)C4CC4)cc3)CC12C)OCCO5. The molecule has 5 nitrogen and oxygen atoms in total. The van der Waals surface area contributed by atoms with Crippen molar-refractivity contribution in [3.05, 3.63) is 47.5 Å². The molecule has 7 aliphatic rings. The van der Waals surface area contributed by atoms with Crippen molar-refractivity contribution in [1.82, 2.24) is 0 Å². The third kappa shape index (κ3) is 3.56. The first-order valence-corrected chi connectivity index (χ1v) is 15.9. The highest BCUT2D eigenvalue weighted by Crippen LogP contribution is 2.72. The molecule has 2 saturated heterocycles. The van der Waals surface area contributed by atoms with E-state index in [2.05, 4.69) is 37.8 Å². The Balaban J connectivity index is 1.19. The lowest BCUT2D eigenvalue weighted by Gasteiger charge is -2.63. The van der Waals surface area contributed by atoms with Gasteiger partial charge in [-0.3, -0.25) is 0 Å². The Kier molecular flexibility index (Phi) is 5.64. The predicted molar refractivity (Wildman–Crippen MR) is 148 cm³/mol. The van der Waals surface area contributed by atoms with E-state index in [1.54, 1.807) is 0 Å². The van der Waals surface area contributed by atoms with Crippen LogP contribution >= 0.6 is 0 Å². The van der Waals surface area contributed by atoms with Crippen molar-refractivity contribution >= 4 is 0 Å². The van der Waals surface area contributed by atoms with Crippen molar-refractivity contribution in [2.24, 2.45) is 35.0 Å². The second-order valence-corrected chi connectivity index (χ2v) is 14.7. The predicted octanol–water partition coefficient (Wildman–Crippen LogP) is 6.05. The van der Waals surface area contributed by atoms with Crippen LogP contribution in [0.3, 0.4) is 0 Å². The van der Waals surface area contributed by atoms with E-state index in [0.29, 0.717) is 49.2 Å². The highest BCUT2D eigenvalue weighted by atomic mass is 16.7. The molecule has 8 rings (SSSR count). The van der Waals surface area contributed by atoms with Crippen LogP contribution in [-0.4, -0.2) is 47.0 Å². The molecular formula is C34H46O5. The van der Waals surface area contributed by atoms with Gasteiger partial charge < -0.3 is 24.4 Å². The lowest BCUT2D eigenvalue weighted by Crippen LogP contribution is -2.62. The molecule has 5 saturated carbocycles. The fourth-order valence-corrected chi connectivity index (χ4v) is 11.1. The third-order valence-corrected chi connectivity index (χ3v) is 13.1. The minimum atomic E-state index is -0.735. The average Bonchev–Trinajstić information content (AvgIpc) is 3.47. The van der Waals surface area contributed by atoms with Crippen molar-refractivity contribution in [2.45, 2.75) is 107 Å². The van der Waals surface area contributed by atoms with Gasteiger partial charge in [-0.15, -0.1) is 0 Å². The van der Waals surface area contributed by atoms with Crippen LogP contribution in [0.4, 0.5) is 0 Å². The molecule has 2 heterocycles. The first-order valence-electron chi connectivity index (χ1n) is 15.9. The number of hydrogen-bond acceptors (Lipinski definition) is 5. The van der Waals surface area contributed by atoms with E-state index in [-0.39, 0.29) is 23.0 Å². The topological polar surface area (TPSA) is 68.2 Å². The fourth-order valence-electron chi connectivity index (χ4n) is 11.1. The molecule has 2 N–H and O–H groups in total. The normalized spacial score (nSPS) is 47.3. The zero-order valence-electron chi connectivity index (χ0n) is 23.6. The molecule has 1 aromatic rings. The molecule has 9 atom stereocenters. The molecule has 0 radical (unpaired) electrons. The van der Waals surface area contributed by atoms with E-state index in [9.17, 15) is 10.2 Å². The Hall–Kier alpha value is -1.24. The molecule has 7 fully saturated rings. The summed E-state index contributed by atoms with van der Waals surface area (Å²) in [5.74, 6) is 2.07. The van der Waals surface area contributed by atoms with Crippen molar-refractivity contribution in [3.63, 3.8) is 0 Å². The molecule has 0 amide bonds. The zero-order valence-corrected chi connectivity index (χ0v) is 23.6. The summed E-state index contributed by atoms with van der Waals surface area (Å²) in [6.07, 6.45) is 10.6. The number of hydrogen-bond donors (Lipinski definition) is 2. The Bertz CT molecular complexity index is 1140. The van der Waals surface area contributed by atoms with E-state index in [0.717, 1.165) is 70.0 Å². The second kappa shape index (κ2) is 8.64. The van der Waals surface area contributed by atoms with Crippen LogP contribution in [0.25, 0.3) is 0 Å². The Morgan fingerprint density at radius 3 is 2.33 bits per heavy atom. The summed E-state index contributed by atoms with van der Waals surface area (Å²) in [7, 11) is 0. The van der Waals surface area contributed by atoms with Crippen LogP contribution in [0.5, 0.6) is 0 Å². The maximum absolute atomic E-state index is 12.3. The van der Waals surface area contributed by atoms with Gasteiger partial charge in [0.05, 0.1) is 37.1 Å². The number of aliphatic hydroxyl groups excluding tert-OH is 1. The Morgan fingerprint density at radius 2 is 1.64 bits per heavy atom. The quantitative estimate of drug-likeness (QED) is 0.462. The Morgan fingerprint density at radius 1 is 0.897 bits per heavy atom. The fraction of sp³-hybridized carbons (Fsp3) is 0.765. The van der Waals surface area contributed by atoms with Gasteiger partial charge in [-0.05, 0) is 110 Å². The molecule has 212 valence electrons. The number of rotatable bonds is 3. The van der Waals surface area contributed by atoms with Gasteiger partial charge in [-0.25, -0.2) is 0 Å². The Labute approximate surface area is 233 Å². The lowest BCUT2D eigenvalue weighted by molar-refractivity contribution is -0.259. The van der Waals surface area contributed by atoms with Crippen molar-refractivity contribution in [3.8, 4) is 0 Å². The summed E-state index contributed by atoms with van der Waals surface area (Å²) in [5.41, 5.74) is 2.87. The van der Waals surface area contributed by atoms with Gasteiger partial charge in [0.2, 0.25) is 0 Å². The van der Waals surface area contributed by atoms with Gasteiger partial charge >= 0.3 is 0 Å². The summed E-state index contributed by atoms with van der Waals surface area (Å²) in [6.45, 7) is 9.18. The first-order chi connectivity index (χ1) is 18.8. The molecule has 39 heavy (non-hydrogen) atoms. The molecule has 5 aliphatic carbocycles. The van der Waals surface area contributed by atoms with E-state index >= 15 is 0 Å². The highest BCUT2D eigenvalue weighted by molar-refractivity contribution is 5.35. The van der Waals surface area contributed by atoms with E-state index in [1.807, 2.05) is 0 Å². The maximum atomic E-state index is 12.3. The van der Waals surface area contributed by atoms with Crippen LogP contribution in [-0.2, 0) is 14.2 Å². The number of ether oxygens (including phenoxy) is 3. The summed E-state index contributed by atoms with van der Waals surface area (Å²) >= 11 is 0. The smallest absolute Gasteiger partial charge is 0.171 e. The van der Waals surface area contributed by atoms with Gasteiger partial charge in [0.1, 0.15) is 0 Å². The molecule has 0 bridgehead atoms. The van der Waals surface area contributed by atoms with Gasteiger partial charge in [0.15, 0.2) is 5.79 Å². The van der Waals surface area contributed by atoms with Gasteiger partial charge in [-0.2, -0.15) is 0 Å². The molecular weight excluding hydrogens is 488 g/mol. The summed E-state index contributed by atoms with van der Waals surface area (Å²) in [4.78, 5) is 0. The molecule has 9 unspecified atom stereocenters. The van der Waals surface area contributed by atoms with Crippen LogP contribution in [0.15, 0.2) is 36.4 Å². The molecule has 0 aromatic heterocycles.